The van der Waals surface area contributed by atoms with Gasteiger partial charge in [0.25, 0.3) is 0 Å². The molecule has 1 saturated carbocycles. The fraction of sp³-hybridized carbons (Fsp3) is 0.800. The molecule has 1 unspecified atom stereocenters. The lowest BCUT2D eigenvalue weighted by Crippen LogP contribution is -2.48. The maximum Gasteiger partial charge on any atom is 0.326 e. The molecule has 1 fully saturated rings. The number of rotatable bonds is 4. The molecule has 0 radical (unpaired) electrons. The molecule has 1 atom stereocenters. The second kappa shape index (κ2) is 5.58. The van der Waals surface area contributed by atoms with E-state index >= 15 is 0 Å². The minimum atomic E-state index is -0.987. The quantitative estimate of drug-likeness (QED) is 0.655. The van der Waals surface area contributed by atoms with E-state index < -0.39 is 12.0 Å². The van der Waals surface area contributed by atoms with E-state index in [2.05, 4.69) is 10.6 Å². The minimum absolute atomic E-state index is 0.219. The van der Waals surface area contributed by atoms with Crippen LogP contribution < -0.4 is 10.6 Å². The van der Waals surface area contributed by atoms with E-state index in [1.165, 1.54) is 0 Å². The summed E-state index contributed by atoms with van der Waals surface area (Å²) in [4.78, 5) is 22.0. The van der Waals surface area contributed by atoms with Crippen LogP contribution in [0.1, 0.15) is 39.0 Å². The molecule has 5 heteroatoms. The number of hydrogen-bond acceptors (Lipinski definition) is 2. The van der Waals surface area contributed by atoms with Crippen LogP contribution >= 0.6 is 0 Å². The molecule has 86 valence electrons. The molecule has 0 spiro atoms. The summed E-state index contributed by atoms with van der Waals surface area (Å²) in [6, 6.07) is -0.932. The summed E-state index contributed by atoms with van der Waals surface area (Å²) in [7, 11) is 0. The average molecular weight is 214 g/mol. The molecule has 1 rings (SSSR count). The van der Waals surface area contributed by atoms with Crippen LogP contribution in [0.2, 0.25) is 0 Å². The van der Waals surface area contributed by atoms with Crippen molar-refractivity contribution in [2.24, 2.45) is 0 Å². The third kappa shape index (κ3) is 3.77. The van der Waals surface area contributed by atoms with Gasteiger partial charge in [0, 0.05) is 6.04 Å². The first kappa shape index (κ1) is 11.8. The molecule has 5 nitrogen and oxygen atoms in total. The van der Waals surface area contributed by atoms with Crippen LogP contribution in [0.4, 0.5) is 4.79 Å². The molecule has 15 heavy (non-hydrogen) atoms. The Kier molecular flexibility index (Phi) is 4.39. The first-order valence-corrected chi connectivity index (χ1v) is 5.43. The fourth-order valence-electron chi connectivity index (χ4n) is 1.79. The summed E-state index contributed by atoms with van der Waals surface area (Å²) >= 11 is 0. The van der Waals surface area contributed by atoms with Crippen molar-refractivity contribution in [2.45, 2.75) is 51.1 Å². The standard InChI is InChI=1S/C10H18N2O3/c1-2-8(9(13)14)12-10(15)11-7-5-3-4-6-7/h7-8H,2-6H2,1H3,(H,13,14)(H2,11,12,15). The van der Waals surface area contributed by atoms with Gasteiger partial charge >= 0.3 is 12.0 Å². The minimum Gasteiger partial charge on any atom is -0.480 e. The lowest BCUT2D eigenvalue weighted by Gasteiger charge is -2.16. The zero-order valence-corrected chi connectivity index (χ0v) is 8.95. The molecule has 0 aromatic rings. The molecule has 0 aliphatic heterocycles. The molecule has 0 aromatic heterocycles. The second-order valence-corrected chi connectivity index (χ2v) is 3.90. The van der Waals surface area contributed by atoms with Crippen molar-refractivity contribution in [3.63, 3.8) is 0 Å². The van der Waals surface area contributed by atoms with E-state index in [1.54, 1.807) is 6.92 Å². The molecule has 0 bridgehead atoms. The molecule has 2 amide bonds. The van der Waals surface area contributed by atoms with Gasteiger partial charge in [-0.1, -0.05) is 19.8 Å². The summed E-state index contributed by atoms with van der Waals surface area (Å²) in [5.74, 6) is -0.987. The maximum absolute atomic E-state index is 11.4. The van der Waals surface area contributed by atoms with Gasteiger partial charge in [-0.15, -0.1) is 0 Å². The monoisotopic (exact) mass is 214 g/mol. The summed E-state index contributed by atoms with van der Waals surface area (Å²) in [6.45, 7) is 1.73. The van der Waals surface area contributed by atoms with Crippen LogP contribution in [0.25, 0.3) is 0 Å². The molecule has 0 heterocycles. The fourth-order valence-corrected chi connectivity index (χ4v) is 1.79. The highest BCUT2D eigenvalue weighted by Crippen LogP contribution is 2.17. The summed E-state index contributed by atoms with van der Waals surface area (Å²) in [5, 5.41) is 14.0. The van der Waals surface area contributed by atoms with Gasteiger partial charge in [-0.25, -0.2) is 9.59 Å². The number of urea groups is 1. The smallest absolute Gasteiger partial charge is 0.326 e. The Morgan fingerprint density at radius 2 is 2.00 bits per heavy atom. The van der Waals surface area contributed by atoms with Gasteiger partial charge < -0.3 is 15.7 Å². The van der Waals surface area contributed by atoms with Gasteiger partial charge in [0.15, 0.2) is 0 Å². The number of amides is 2. The van der Waals surface area contributed by atoms with Crippen LogP contribution in [0, 0.1) is 0 Å². The Morgan fingerprint density at radius 1 is 1.40 bits per heavy atom. The predicted octanol–water partition coefficient (Wildman–Crippen LogP) is 1.09. The van der Waals surface area contributed by atoms with E-state index in [1.807, 2.05) is 0 Å². The molecular weight excluding hydrogens is 196 g/mol. The molecule has 1 aliphatic rings. The van der Waals surface area contributed by atoms with Crippen molar-refractivity contribution in [3.8, 4) is 0 Å². The topological polar surface area (TPSA) is 78.4 Å². The van der Waals surface area contributed by atoms with Crippen LogP contribution in [0.5, 0.6) is 0 Å². The number of carboxylic acid groups (broad SMARTS) is 1. The SMILES string of the molecule is CCC(NC(=O)NC1CCCC1)C(=O)O. The number of carboxylic acids is 1. The van der Waals surface area contributed by atoms with Gasteiger partial charge in [0.2, 0.25) is 0 Å². The summed E-state index contributed by atoms with van der Waals surface area (Å²) < 4.78 is 0. The second-order valence-electron chi connectivity index (χ2n) is 3.90. The Labute approximate surface area is 89.2 Å². The third-order valence-corrected chi connectivity index (χ3v) is 2.70. The molecular formula is C10H18N2O3. The normalized spacial score (nSPS) is 18.5. The van der Waals surface area contributed by atoms with E-state index in [0.717, 1.165) is 25.7 Å². The first-order valence-electron chi connectivity index (χ1n) is 5.43. The van der Waals surface area contributed by atoms with Gasteiger partial charge in [0.1, 0.15) is 6.04 Å². The first-order chi connectivity index (χ1) is 7.13. The maximum atomic E-state index is 11.4. The van der Waals surface area contributed by atoms with Crippen molar-refractivity contribution >= 4 is 12.0 Å². The zero-order chi connectivity index (χ0) is 11.3. The van der Waals surface area contributed by atoms with Crippen LogP contribution in [0.3, 0.4) is 0 Å². The highest BCUT2D eigenvalue weighted by atomic mass is 16.4. The third-order valence-electron chi connectivity index (χ3n) is 2.70. The molecule has 0 saturated heterocycles. The summed E-state index contributed by atoms with van der Waals surface area (Å²) in [5.41, 5.74) is 0. The predicted molar refractivity (Wildman–Crippen MR) is 55.6 cm³/mol. The average Bonchev–Trinajstić information content (AvgIpc) is 2.66. The number of hydrogen-bond donors (Lipinski definition) is 3. The number of aliphatic carboxylic acids is 1. The van der Waals surface area contributed by atoms with Gasteiger partial charge in [-0.2, -0.15) is 0 Å². The zero-order valence-electron chi connectivity index (χ0n) is 8.95. The largest absolute Gasteiger partial charge is 0.480 e. The van der Waals surface area contributed by atoms with Gasteiger partial charge in [-0.3, -0.25) is 0 Å². The number of carbonyl (C=O) groups excluding carboxylic acids is 1. The van der Waals surface area contributed by atoms with E-state index in [9.17, 15) is 9.59 Å². The van der Waals surface area contributed by atoms with Crippen molar-refractivity contribution in [1.29, 1.82) is 0 Å². The highest BCUT2D eigenvalue weighted by Gasteiger charge is 2.21. The van der Waals surface area contributed by atoms with Crippen LogP contribution in [0.15, 0.2) is 0 Å². The molecule has 0 aromatic carbocycles. The Bertz CT molecular complexity index is 237. The van der Waals surface area contributed by atoms with Gasteiger partial charge in [0.05, 0.1) is 0 Å². The van der Waals surface area contributed by atoms with E-state index in [-0.39, 0.29) is 12.1 Å². The van der Waals surface area contributed by atoms with Crippen molar-refractivity contribution < 1.29 is 14.7 Å². The van der Waals surface area contributed by atoms with Crippen molar-refractivity contribution in [1.82, 2.24) is 10.6 Å². The van der Waals surface area contributed by atoms with E-state index in [4.69, 9.17) is 5.11 Å². The Hall–Kier alpha value is -1.26. The molecule has 3 N–H and O–H groups in total. The number of carbonyl (C=O) groups is 2. The highest BCUT2D eigenvalue weighted by molar-refractivity contribution is 5.82. The lowest BCUT2D eigenvalue weighted by molar-refractivity contribution is -0.139. The Morgan fingerprint density at radius 3 is 2.47 bits per heavy atom. The Balaban J connectivity index is 2.30. The molecule has 1 aliphatic carbocycles. The van der Waals surface area contributed by atoms with Crippen LogP contribution in [-0.4, -0.2) is 29.2 Å². The lowest BCUT2D eigenvalue weighted by atomic mass is 10.2. The number of nitrogens with one attached hydrogen (secondary N) is 2. The van der Waals surface area contributed by atoms with Crippen LogP contribution in [-0.2, 0) is 4.79 Å². The summed E-state index contributed by atoms with van der Waals surface area (Å²) in [6.07, 6.45) is 4.67. The van der Waals surface area contributed by atoms with E-state index in [0.29, 0.717) is 6.42 Å². The van der Waals surface area contributed by atoms with Crippen molar-refractivity contribution in [2.75, 3.05) is 0 Å². The van der Waals surface area contributed by atoms with Gasteiger partial charge in [-0.05, 0) is 19.3 Å². The van der Waals surface area contributed by atoms with Crippen molar-refractivity contribution in [3.05, 3.63) is 0 Å².